The van der Waals surface area contributed by atoms with Crippen molar-refractivity contribution in [2.45, 2.75) is 12.1 Å². The first-order valence-electron chi connectivity index (χ1n) is 5.47. The summed E-state index contributed by atoms with van der Waals surface area (Å²) < 4.78 is 19.0. The van der Waals surface area contributed by atoms with Gasteiger partial charge < -0.3 is 14.7 Å². The van der Waals surface area contributed by atoms with Crippen molar-refractivity contribution in [3.8, 4) is 0 Å². The van der Waals surface area contributed by atoms with Gasteiger partial charge in [-0.1, -0.05) is 23.7 Å². The maximum atomic E-state index is 14.0. The maximum Gasteiger partial charge on any atom is 0.335 e. The van der Waals surface area contributed by atoms with Gasteiger partial charge in [-0.2, -0.15) is 0 Å². The number of benzene rings is 1. The van der Waals surface area contributed by atoms with Crippen molar-refractivity contribution in [2.75, 3.05) is 13.7 Å². The second-order valence-corrected chi connectivity index (χ2v) is 4.57. The summed E-state index contributed by atoms with van der Waals surface area (Å²) in [5, 5.41) is 8.98. The minimum Gasteiger partial charge on any atom is -0.479 e. The van der Waals surface area contributed by atoms with E-state index in [1.165, 1.54) is 25.2 Å². The summed E-state index contributed by atoms with van der Waals surface area (Å²) in [7, 11) is 1.41. The van der Waals surface area contributed by atoms with Gasteiger partial charge in [-0.15, -0.1) is 0 Å². The number of carboxylic acid groups (broad SMARTS) is 1. The van der Waals surface area contributed by atoms with Crippen LogP contribution in [0.4, 0.5) is 4.39 Å². The van der Waals surface area contributed by atoms with Crippen LogP contribution in [-0.2, 0) is 14.3 Å². The number of hydrogen-bond donors (Lipinski definition) is 1. The van der Waals surface area contributed by atoms with E-state index < -0.39 is 29.8 Å². The van der Waals surface area contributed by atoms with Gasteiger partial charge in [0.1, 0.15) is 12.4 Å². The van der Waals surface area contributed by atoms with Crippen LogP contribution < -0.4 is 0 Å². The van der Waals surface area contributed by atoms with E-state index in [1.807, 2.05) is 0 Å². The Kier molecular flexibility index (Phi) is 3.73. The highest BCUT2D eigenvalue weighted by atomic mass is 35.5. The highest BCUT2D eigenvalue weighted by Crippen LogP contribution is 2.33. The molecule has 1 aromatic rings. The lowest BCUT2D eigenvalue weighted by atomic mass is 9.98. The monoisotopic (exact) mass is 287 g/mol. The van der Waals surface area contributed by atoms with Crippen LogP contribution in [0.5, 0.6) is 0 Å². The third kappa shape index (κ3) is 2.41. The summed E-state index contributed by atoms with van der Waals surface area (Å²) in [6.45, 7) is -0.341. The van der Waals surface area contributed by atoms with Crippen molar-refractivity contribution in [3.63, 3.8) is 0 Å². The minimum atomic E-state index is -1.32. The molecule has 0 bridgehead atoms. The Bertz CT molecular complexity index is 536. The lowest BCUT2D eigenvalue weighted by Crippen LogP contribution is -2.50. The molecule has 2 unspecified atom stereocenters. The Labute approximate surface area is 113 Å². The van der Waals surface area contributed by atoms with E-state index in [9.17, 15) is 14.0 Å². The normalized spacial score (nSPS) is 23.5. The van der Waals surface area contributed by atoms with Gasteiger partial charge in [-0.3, -0.25) is 4.79 Å². The second kappa shape index (κ2) is 5.14. The van der Waals surface area contributed by atoms with E-state index >= 15 is 0 Å². The zero-order chi connectivity index (χ0) is 14.2. The van der Waals surface area contributed by atoms with E-state index in [0.29, 0.717) is 0 Å². The van der Waals surface area contributed by atoms with Crippen LogP contribution in [0.2, 0.25) is 5.02 Å². The quantitative estimate of drug-likeness (QED) is 0.894. The minimum absolute atomic E-state index is 0.0236. The average molecular weight is 288 g/mol. The maximum absolute atomic E-state index is 14.0. The Morgan fingerprint density at radius 1 is 1.58 bits per heavy atom. The Morgan fingerprint density at radius 2 is 2.26 bits per heavy atom. The molecule has 2 atom stereocenters. The molecular weight excluding hydrogens is 277 g/mol. The standard InChI is InChI=1S/C12H11ClFNO4/c1-15-8(16)5-19-11(12(17)18)10(15)6-3-2-4-7(13)9(6)14/h2-4,10-11H,5H2,1H3,(H,17,18). The highest BCUT2D eigenvalue weighted by Gasteiger charge is 2.41. The van der Waals surface area contributed by atoms with Gasteiger partial charge >= 0.3 is 5.97 Å². The molecule has 1 amide bonds. The van der Waals surface area contributed by atoms with Crippen LogP contribution in [0.25, 0.3) is 0 Å². The van der Waals surface area contributed by atoms with Gasteiger partial charge in [0.15, 0.2) is 6.10 Å². The number of nitrogens with zero attached hydrogens (tertiary/aromatic N) is 1. The molecule has 1 fully saturated rings. The van der Waals surface area contributed by atoms with Gasteiger partial charge in [0.25, 0.3) is 0 Å². The molecule has 1 aliphatic heterocycles. The molecule has 0 spiro atoms. The molecule has 1 N–H and O–H groups in total. The third-order valence-corrected chi connectivity index (χ3v) is 3.32. The molecule has 2 rings (SSSR count). The van der Waals surface area contributed by atoms with E-state index in [2.05, 4.69) is 0 Å². The summed E-state index contributed by atoms with van der Waals surface area (Å²) in [5.41, 5.74) is 0.0236. The van der Waals surface area contributed by atoms with Gasteiger partial charge in [0.05, 0.1) is 11.1 Å². The highest BCUT2D eigenvalue weighted by molar-refractivity contribution is 6.30. The number of ether oxygens (including phenoxy) is 1. The van der Waals surface area contributed by atoms with Crippen LogP contribution in [0.3, 0.4) is 0 Å². The van der Waals surface area contributed by atoms with Crippen LogP contribution in [0, 0.1) is 5.82 Å². The molecule has 1 aliphatic rings. The fraction of sp³-hybridized carbons (Fsp3) is 0.333. The molecule has 1 aromatic carbocycles. The number of hydrogen-bond acceptors (Lipinski definition) is 3. The number of likely N-dealkylation sites (N-methyl/N-ethyl adjacent to an activating group) is 1. The van der Waals surface area contributed by atoms with Gasteiger partial charge in [-0.25, -0.2) is 9.18 Å². The Hall–Kier alpha value is -1.66. The summed E-state index contributed by atoms with van der Waals surface area (Å²) in [4.78, 5) is 23.9. The third-order valence-electron chi connectivity index (χ3n) is 3.03. The first kappa shape index (κ1) is 13.8. The molecular formula is C12H11ClFNO4. The zero-order valence-electron chi connectivity index (χ0n) is 9.97. The van der Waals surface area contributed by atoms with Crippen LogP contribution in [0.15, 0.2) is 18.2 Å². The van der Waals surface area contributed by atoms with E-state index in [4.69, 9.17) is 21.4 Å². The number of carbonyl (C=O) groups excluding carboxylic acids is 1. The van der Waals surface area contributed by atoms with E-state index in [0.717, 1.165) is 4.90 Å². The lowest BCUT2D eigenvalue weighted by Gasteiger charge is -2.37. The molecule has 7 heteroatoms. The molecule has 0 radical (unpaired) electrons. The smallest absolute Gasteiger partial charge is 0.335 e. The van der Waals surface area contributed by atoms with Crippen LogP contribution >= 0.6 is 11.6 Å². The summed E-state index contributed by atoms with van der Waals surface area (Å²) in [6.07, 6.45) is -1.32. The largest absolute Gasteiger partial charge is 0.479 e. The first-order valence-corrected chi connectivity index (χ1v) is 5.85. The molecule has 102 valence electrons. The van der Waals surface area contributed by atoms with Crippen LogP contribution in [-0.4, -0.2) is 41.6 Å². The number of aliphatic carboxylic acids is 1. The van der Waals surface area contributed by atoms with Gasteiger partial charge in [0, 0.05) is 12.6 Å². The van der Waals surface area contributed by atoms with Crippen molar-refractivity contribution in [1.29, 1.82) is 0 Å². The van der Waals surface area contributed by atoms with Gasteiger partial charge in [-0.05, 0) is 6.07 Å². The molecule has 1 heterocycles. The summed E-state index contributed by atoms with van der Waals surface area (Å²) in [5.74, 6) is -2.42. The van der Waals surface area contributed by atoms with Crippen molar-refractivity contribution < 1.29 is 23.8 Å². The molecule has 19 heavy (non-hydrogen) atoms. The first-order chi connectivity index (χ1) is 8.93. The number of carboxylic acids is 1. The molecule has 0 saturated carbocycles. The lowest BCUT2D eigenvalue weighted by molar-refractivity contribution is -0.171. The SMILES string of the molecule is CN1C(=O)COC(C(=O)O)C1c1cccc(Cl)c1F. The molecule has 0 aromatic heterocycles. The van der Waals surface area contributed by atoms with Crippen LogP contribution in [0.1, 0.15) is 11.6 Å². The predicted octanol–water partition coefficient (Wildman–Crippen LogP) is 1.46. The molecule has 5 nitrogen and oxygen atoms in total. The Balaban J connectivity index is 2.50. The fourth-order valence-corrected chi connectivity index (χ4v) is 2.22. The van der Waals surface area contributed by atoms with E-state index in [1.54, 1.807) is 0 Å². The number of amides is 1. The summed E-state index contributed by atoms with van der Waals surface area (Å²) in [6, 6.07) is 3.19. The number of carbonyl (C=O) groups is 2. The molecule has 1 saturated heterocycles. The van der Waals surface area contributed by atoms with Gasteiger partial charge in [0.2, 0.25) is 5.91 Å². The average Bonchev–Trinajstić information content (AvgIpc) is 2.36. The van der Waals surface area contributed by atoms with Crippen molar-refractivity contribution in [1.82, 2.24) is 4.90 Å². The van der Waals surface area contributed by atoms with Crippen molar-refractivity contribution >= 4 is 23.5 Å². The molecule has 0 aliphatic carbocycles. The topological polar surface area (TPSA) is 66.8 Å². The Morgan fingerprint density at radius 3 is 2.89 bits per heavy atom. The van der Waals surface area contributed by atoms with Crippen molar-refractivity contribution in [3.05, 3.63) is 34.6 Å². The number of halogens is 2. The van der Waals surface area contributed by atoms with E-state index in [-0.39, 0.29) is 17.2 Å². The zero-order valence-corrected chi connectivity index (χ0v) is 10.7. The second-order valence-electron chi connectivity index (χ2n) is 4.16. The fourth-order valence-electron chi connectivity index (χ4n) is 2.04. The summed E-state index contributed by atoms with van der Waals surface area (Å²) >= 11 is 5.68. The number of morpholine rings is 1. The predicted molar refractivity (Wildman–Crippen MR) is 64.3 cm³/mol. The number of rotatable bonds is 2. The van der Waals surface area contributed by atoms with Crippen molar-refractivity contribution in [2.24, 2.45) is 0 Å².